The molecule has 3 N–H and O–H groups in total. The van der Waals surface area contributed by atoms with E-state index in [0.717, 1.165) is 24.4 Å². The lowest BCUT2D eigenvalue weighted by molar-refractivity contribution is -0.193. The number of aliphatic carboxylic acids is 2. The molecule has 0 amide bonds. The van der Waals surface area contributed by atoms with Crippen LogP contribution in [0, 0.1) is 0 Å². The first kappa shape index (κ1) is 27.9. The van der Waals surface area contributed by atoms with Crippen molar-refractivity contribution in [3.8, 4) is 0 Å². The van der Waals surface area contributed by atoms with Crippen molar-refractivity contribution in [3.05, 3.63) is 24.3 Å². The monoisotopic (exact) mass is 507 g/mol. The van der Waals surface area contributed by atoms with Crippen LogP contribution in [0.5, 0.6) is 0 Å². The van der Waals surface area contributed by atoms with Crippen molar-refractivity contribution in [2.75, 3.05) is 38.5 Å². The molecular formula is C17H19F6N3O4S2. The van der Waals surface area contributed by atoms with Crippen LogP contribution in [0.25, 0.3) is 10.2 Å². The summed E-state index contributed by atoms with van der Waals surface area (Å²) in [5.74, 6) is -4.38. The van der Waals surface area contributed by atoms with Crippen LogP contribution < -0.4 is 5.32 Å². The van der Waals surface area contributed by atoms with Gasteiger partial charge < -0.3 is 15.5 Å². The van der Waals surface area contributed by atoms with Gasteiger partial charge in [0.05, 0.1) is 10.2 Å². The molecule has 0 unspecified atom stereocenters. The molecule has 0 spiro atoms. The molecule has 1 fully saturated rings. The quantitative estimate of drug-likeness (QED) is 0.427. The fourth-order valence-electron chi connectivity index (χ4n) is 2.11. The normalized spacial score (nSPS) is 14.7. The molecule has 1 aliphatic rings. The van der Waals surface area contributed by atoms with Gasteiger partial charge in [0.25, 0.3) is 0 Å². The number of rotatable bonds is 4. The highest BCUT2D eigenvalue weighted by Gasteiger charge is 2.38. The number of nitrogens with zero attached hydrogens (tertiary/aromatic N) is 2. The molecule has 0 saturated carbocycles. The molecule has 1 saturated heterocycles. The smallest absolute Gasteiger partial charge is 0.475 e. The molecule has 0 atom stereocenters. The Morgan fingerprint density at radius 1 is 1.03 bits per heavy atom. The molecule has 15 heteroatoms. The number of fused-ring (bicyclic) bond motifs is 1. The Balaban J connectivity index is 0.000000305. The van der Waals surface area contributed by atoms with E-state index in [2.05, 4.69) is 39.5 Å². The van der Waals surface area contributed by atoms with E-state index >= 15 is 0 Å². The van der Waals surface area contributed by atoms with Gasteiger partial charge in [0.1, 0.15) is 0 Å². The third-order valence-electron chi connectivity index (χ3n) is 3.60. The minimum atomic E-state index is -5.08. The molecule has 1 aliphatic heterocycles. The van der Waals surface area contributed by atoms with E-state index in [1.54, 1.807) is 11.3 Å². The van der Waals surface area contributed by atoms with Crippen molar-refractivity contribution < 1.29 is 46.1 Å². The number of carboxylic acid groups (broad SMARTS) is 2. The van der Waals surface area contributed by atoms with Gasteiger partial charge in [0, 0.05) is 38.5 Å². The van der Waals surface area contributed by atoms with Gasteiger partial charge >= 0.3 is 24.3 Å². The molecule has 2 aromatic rings. The molecule has 2 heterocycles. The number of nitrogens with one attached hydrogen (secondary N) is 1. The molecule has 0 radical (unpaired) electrons. The highest BCUT2D eigenvalue weighted by Crippen LogP contribution is 2.29. The Hall–Kier alpha value is -2.10. The van der Waals surface area contributed by atoms with Gasteiger partial charge in [-0.25, -0.2) is 14.6 Å². The van der Waals surface area contributed by atoms with Gasteiger partial charge in [-0.1, -0.05) is 23.9 Å². The predicted molar refractivity (Wildman–Crippen MR) is 107 cm³/mol. The van der Waals surface area contributed by atoms with Gasteiger partial charge in [-0.2, -0.15) is 26.3 Å². The van der Waals surface area contributed by atoms with Crippen LogP contribution in [0.4, 0.5) is 26.3 Å². The summed E-state index contributed by atoms with van der Waals surface area (Å²) in [7, 11) is 0. The Labute approximate surface area is 186 Å². The summed E-state index contributed by atoms with van der Waals surface area (Å²) in [5, 5.41) is 17.6. The van der Waals surface area contributed by atoms with Crippen molar-refractivity contribution in [3.63, 3.8) is 0 Å². The van der Waals surface area contributed by atoms with Gasteiger partial charge in [-0.05, 0) is 12.1 Å². The number of halogens is 6. The molecule has 3 rings (SSSR count). The number of benzene rings is 1. The summed E-state index contributed by atoms with van der Waals surface area (Å²) in [6, 6.07) is 8.37. The van der Waals surface area contributed by atoms with Crippen LogP contribution in [0.3, 0.4) is 0 Å². The minimum absolute atomic E-state index is 1.13. The van der Waals surface area contributed by atoms with Gasteiger partial charge in [-0.15, -0.1) is 11.3 Å². The van der Waals surface area contributed by atoms with E-state index in [4.69, 9.17) is 19.8 Å². The minimum Gasteiger partial charge on any atom is -0.475 e. The summed E-state index contributed by atoms with van der Waals surface area (Å²) >= 11 is 3.69. The number of piperazine rings is 1. The van der Waals surface area contributed by atoms with E-state index in [1.165, 1.54) is 28.7 Å². The molecule has 180 valence electrons. The molecular weight excluding hydrogens is 488 g/mol. The second-order valence-corrected chi connectivity index (χ2v) is 8.37. The van der Waals surface area contributed by atoms with Gasteiger partial charge in [-0.3, -0.25) is 4.90 Å². The number of thiazole rings is 1. The maximum absolute atomic E-state index is 10.6. The first-order valence-electron chi connectivity index (χ1n) is 8.82. The Bertz CT molecular complexity index is 813. The summed E-state index contributed by atoms with van der Waals surface area (Å²) < 4.78 is 66.0. The number of carboxylic acids is 2. The number of alkyl halides is 6. The topological polar surface area (TPSA) is 103 Å². The SMILES string of the molecule is O=C(O)C(F)(F)F.O=C(O)C(F)(F)F.c1ccc2sc(SCCN3CCNCC3)nc2c1. The van der Waals surface area contributed by atoms with Crippen molar-refractivity contribution in [2.45, 2.75) is 16.7 Å². The first-order valence-corrected chi connectivity index (χ1v) is 10.6. The maximum Gasteiger partial charge on any atom is 0.490 e. The first-order chi connectivity index (χ1) is 14.8. The van der Waals surface area contributed by atoms with Crippen LogP contribution in [-0.4, -0.2) is 82.9 Å². The number of hydrogen-bond donors (Lipinski definition) is 3. The van der Waals surface area contributed by atoms with Gasteiger partial charge in [0.2, 0.25) is 0 Å². The van der Waals surface area contributed by atoms with E-state index in [0.29, 0.717) is 0 Å². The number of carbonyl (C=O) groups is 2. The van der Waals surface area contributed by atoms with E-state index in [9.17, 15) is 26.3 Å². The third-order valence-corrected chi connectivity index (χ3v) is 5.76. The van der Waals surface area contributed by atoms with Crippen LogP contribution in [0.15, 0.2) is 28.6 Å². The fourth-order valence-corrected chi connectivity index (χ4v) is 4.25. The molecule has 7 nitrogen and oxygen atoms in total. The van der Waals surface area contributed by atoms with E-state index < -0.39 is 24.3 Å². The number of aromatic nitrogens is 1. The third kappa shape index (κ3) is 11.0. The summed E-state index contributed by atoms with van der Waals surface area (Å²) in [6.45, 7) is 5.79. The lowest BCUT2D eigenvalue weighted by Crippen LogP contribution is -2.44. The highest BCUT2D eigenvalue weighted by molar-refractivity contribution is 8.01. The maximum atomic E-state index is 10.6. The van der Waals surface area contributed by atoms with Crippen LogP contribution in [0.1, 0.15) is 0 Å². The lowest BCUT2D eigenvalue weighted by atomic mass is 10.3. The molecule has 1 aromatic carbocycles. The molecule has 0 bridgehead atoms. The zero-order valence-electron chi connectivity index (χ0n) is 16.2. The average Bonchev–Trinajstić information content (AvgIpc) is 3.11. The summed E-state index contributed by atoms with van der Waals surface area (Å²) in [4.78, 5) is 25.0. The standard InChI is InChI=1S/C13H17N3S2.2C2HF3O2/c1-2-4-12-11(3-1)15-13(18-12)17-10-9-16-7-5-14-6-8-16;2*3-2(4,5)1(6)7/h1-4,14H,5-10H2;2*(H,6,7). The Morgan fingerprint density at radius 3 is 2.00 bits per heavy atom. The molecule has 1 aromatic heterocycles. The average molecular weight is 507 g/mol. The van der Waals surface area contributed by atoms with Crippen molar-refractivity contribution in [1.82, 2.24) is 15.2 Å². The summed E-state index contributed by atoms with van der Waals surface area (Å²) in [5.41, 5.74) is 1.13. The Morgan fingerprint density at radius 2 is 1.53 bits per heavy atom. The summed E-state index contributed by atoms with van der Waals surface area (Å²) in [6.07, 6.45) is -10.2. The highest BCUT2D eigenvalue weighted by atomic mass is 32.2. The van der Waals surface area contributed by atoms with E-state index in [1.807, 2.05) is 11.8 Å². The number of para-hydroxylation sites is 1. The molecule has 0 aliphatic carbocycles. The number of hydrogen-bond acceptors (Lipinski definition) is 7. The van der Waals surface area contributed by atoms with Crippen molar-refractivity contribution in [2.24, 2.45) is 0 Å². The second kappa shape index (κ2) is 12.8. The van der Waals surface area contributed by atoms with Crippen molar-refractivity contribution in [1.29, 1.82) is 0 Å². The number of thioether (sulfide) groups is 1. The van der Waals surface area contributed by atoms with Crippen LogP contribution >= 0.6 is 23.1 Å². The zero-order chi connectivity index (χ0) is 24.4. The lowest BCUT2D eigenvalue weighted by Gasteiger charge is -2.26. The van der Waals surface area contributed by atoms with E-state index in [-0.39, 0.29) is 0 Å². The predicted octanol–water partition coefficient (Wildman–Crippen LogP) is 3.56. The fraction of sp³-hybridized carbons (Fsp3) is 0.471. The van der Waals surface area contributed by atoms with Gasteiger partial charge in [0.15, 0.2) is 4.34 Å². The second-order valence-electron chi connectivity index (χ2n) is 5.99. The van der Waals surface area contributed by atoms with Crippen molar-refractivity contribution >= 4 is 45.3 Å². The molecule has 32 heavy (non-hydrogen) atoms. The Kier molecular flexibility index (Phi) is 11.2. The van der Waals surface area contributed by atoms with Crippen LogP contribution in [0.2, 0.25) is 0 Å². The zero-order valence-corrected chi connectivity index (χ0v) is 17.9. The largest absolute Gasteiger partial charge is 0.490 e. The van der Waals surface area contributed by atoms with Crippen LogP contribution in [-0.2, 0) is 9.59 Å².